The van der Waals surface area contributed by atoms with Gasteiger partial charge in [0, 0.05) is 0 Å². The first-order chi connectivity index (χ1) is 6.72. The van der Waals surface area contributed by atoms with Crippen LogP contribution in [0.5, 0.6) is 0 Å². The van der Waals surface area contributed by atoms with Gasteiger partial charge in [0.1, 0.15) is 5.76 Å². The minimum atomic E-state index is -1.30. The summed E-state index contributed by atoms with van der Waals surface area (Å²) in [5.74, 6) is -1.32. The molecule has 0 aromatic heterocycles. The second-order valence-corrected chi connectivity index (χ2v) is 5.18. The maximum atomic E-state index is 11.3. The molecule has 0 bridgehead atoms. The van der Waals surface area contributed by atoms with E-state index in [9.17, 15) is 15.0 Å². The number of carbonyl (C=O) groups is 1. The molecule has 0 radical (unpaired) electrons. The first kappa shape index (κ1) is 15.8. The first-order valence-corrected chi connectivity index (χ1v) is 5.00. The van der Waals surface area contributed by atoms with Crippen LogP contribution in [0, 0.1) is 10.8 Å². The Balaban J connectivity index is 0.00000225. The van der Waals surface area contributed by atoms with Gasteiger partial charge in [0.05, 0.1) is 11.4 Å². The quantitative estimate of drug-likeness (QED) is 0.564. The molecule has 1 aliphatic rings. The predicted molar refractivity (Wildman–Crippen MR) is 56.0 cm³/mol. The Morgan fingerprint density at radius 2 is 1.94 bits per heavy atom. The molecule has 0 amide bonds. The Hall–Kier alpha value is -0.250. The van der Waals surface area contributed by atoms with Crippen LogP contribution < -0.4 is 34.7 Å². The van der Waals surface area contributed by atoms with Crippen molar-refractivity contribution < 1.29 is 44.6 Å². The van der Waals surface area contributed by atoms with E-state index in [2.05, 4.69) is 0 Å². The molecule has 1 N–H and O–H groups in total. The van der Waals surface area contributed by atoms with Gasteiger partial charge in [-0.3, -0.25) is 0 Å². The Kier molecular flexibility index (Phi) is 4.87. The zero-order chi connectivity index (χ0) is 11.9. The molecule has 1 atom stereocenters. The molecular formula is C12H17NaO3. The average Bonchev–Trinajstić information content (AvgIpc) is 2.06. The van der Waals surface area contributed by atoms with Gasteiger partial charge in [0.25, 0.3) is 0 Å². The summed E-state index contributed by atoms with van der Waals surface area (Å²) in [6.07, 6.45) is 3.50. The van der Waals surface area contributed by atoms with Crippen LogP contribution in [0.2, 0.25) is 0 Å². The third-order valence-corrected chi connectivity index (χ3v) is 3.14. The third-order valence-electron chi connectivity index (χ3n) is 3.14. The Morgan fingerprint density at radius 1 is 1.44 bits per heavy atom. The minimum Gasteiger partial charge on any atom is -0.549 e. The number of hydrogen-bond donors (Lipinski definition) is 1. The molecule has 0 aliphatic heterocycles. The summed E-state index contributed by atoms with van der Waals surface area (Å²) in [6.45, 7) is 7.24. The van der Waals surface area contributed by atoms with E-state index in [1.807, 2.05) is 6.92 Å². The van der Waals surface area contributed by atoms with Crippen molar-refractivity contribution in [3.8, 4) is 0 Å². The van der Waals surface area contributed by atoms with E-state index in [1.165, 1.54) is 6.08 Å². The van der Waals surface area contributed by atoms with Crippen LogP contribution in [0.25, 0.3) is 0 Å². The van der Waals surface area contributed by atoms with E-state index in [-0.39, 0.29) is 35.3 Å². The van der Waals surface area contributed by atoms with Gasteiger partial charge >= 0.3 is 29.6 Å². The molecule has 0 aromatic rings. The van der Waals surface area contributed by atoms with Crippen LogP contribution in [-0.2, 0) is 4.79 Å². The molecular weight excluding hydrogens is 215 g/mol. The summed E-state index contributed by atoms with van der Waals surface area (Å²) in [5.41, 5.74) is -0.944. The summed E-state index contributed by atoms with van der Waals surface area (Å²) in [4.78, 5) is 11.3. The summed E-state index contributed by atoms with van der Waals surface area (Å²) in [6, 6.07) is 0. The van der Waals surface area contributed by atoms with Crippen LogP contribution in [0.4, 0.5) is 0 Å². The Labute approximate surface area is 119 Å². The Bertz CT molecular complexity index is 350. The zero-order valence-corrected chi connectivity index (χ0v) is 12.6. The molecule has 1 unspecified atom stereocenters. The fourth-order valence-electron chi connectivity index (χ4n) is 2.06. The topological polar surface area (TPSA) is 60.4 Å². The summed E-state index contributed by atoms with van der Waals surface area (Å²) in [5, 5.41) is 21.2. The van der Waals surface area contributed by atoms with E-state index in [0.717, 1.165) is 5.57 Å². The van der Waals surface area contributed by atoms with Gasteiger partial charge in [0.2, 0.25) is 0 Å². The molecule has 0 heterocycles. The average molecular weight is 232 g/mol. The number of allylic oxidation sites excluding steroid dienone is 3. The Morgan fingerprint density at radius 3 is 2.25 bits per heavy atom. The van der Waals surface area contributed by atoms with Gasteiger partial charge in [-0.2, -0.15) is 0 Å². The van der Waals surface area contributed by atoms with Crippen molar-refractivity contribution in [2.75, 3.05) is 0 Å². The fourth-order valence-corrected chi connectivity index (χ4v) is 2.06. The van der Waals surface area contributed by atoms with Gasteiger partial charge in [0.15, 0.2) is 0 Å². The van der Waals surface area contributed by atoms with E-state index in [0.29, 0.717) is 6.42 Å². The summed E-state index contributed by atoms with van der Waals surface area (Å²) < 4.78 is 0. The number of rotatable bonds is 1. The van der Waals surface area contributed by atoms with Crippen LogP contribution in [0.3, 0.4) is 0 Å². The molecule has 0 saturated heterocycles. The predicted octanol–water partition coefficient (Wildman–Crippen LogP) is -1.44. The molecule has 84 valence electrons. The second-order valence-electron chi connectivity index (χ2n) is 5.18. The number of carboxylic acids is 1. The number of aliphatic hydroxyl groups is 1. The summed E-state index contributed by atoms with van der Waals surface area (Å²) >= 11 is 0. The van der Waals surface area contributed by atoms with Crippen molar-refractivity contribution in [2.24, 2.45) is 10.8 Å². The molecule has 1 rings (SSSR count). The van der Waals surface area contributed by atoms with Gasteiger partial charge in [-0.25, -0.2) is 0 Å². The molecule has 0 fully saturated rings. The van der Waals surface area contributed by atoms with Crippen molar-refractivity contribution in [3.05, 3.63) is 23.5 Å². The number of carboxylic acid groups (broad SMARTS) is 1. The van der Waals surface area contributed by atoms with Crippen LogP contribution in [0.1, 0.15) is 34.1 Å². The molecule has 0 aromatic carbocycles. The molecule has 16 heavy (non-hydrogen) atoms. The van der Waals surface area contributed by atoms with Crippen LogP contribution in [0.15, 0.2) is 23.5 Å². The van der Waals surface area contributed by atoms with Gasteiger partial charge in [-0.1, -0.05) is 32.4 Å². The van der Waals surface area contributed by atoms with Crippen LogP contribution in [-0.4, -0.2) is 11.1 Å². The number of aliphatic hydroxyl groups excluding tert-OH is 1. The van der Waals surface area contributed by atoms with Crippen molar-refractivity contribution in [1.29, 1.82) is 0 Å². The summed E-state index contributed by atoms with van der Waals surface area (Å²) in [7, 11) is 0. The van der Waals surface area contributed by atoms with E-state index < -0.39 is 16.8 Å². The van der Waals surface area contributed by atoms with E-state index in [1.54, 1.807) is 26.8 Å². The normalized spacial score (nSPS) is 25.2. The monoisotopic (exact) mass is 232 g/mol. The van der Waals surface area contributed by atoms with Crippen molar-refractivity contribution in [3.63, 3.8) is 0 Å². The van der Waals surface area contributed by atoms with Crippen molar-refractivity contribution in [1.82, 2.24) is 0 Å². The number of aliphatic carboxylic acids is 1. The van der Waals surface area contributed by atoms with Gasteiger partial charge < -0.3 is 15.0 Å². The largest absolute Gasteiger partial charge is 1.00 e. The molecule has 4 heteroatoms. The van der Waals surface area contributed by atoms with Gasteiger partial charge in [-0.15, -0.1) is 0 Å². The maximum absolute atomic E-state index is 11.3. The third kappa shape index (κ3) is 2.36. The fraction of sp³-hybridized carbons (Fsp3) is 0.583. The smallest absolute Gasteiger partial charge is 0.549 e. The van der Waals surface area contributed by atoms with Crippen molar-refractivity contribution >= 4 is 5.97 Å². The number of carbonyl (C=O) groups excluding carboxylic acids is 1. The second kappa shape index (κ2) is 4.94. The van der Waals surface area contributed by atoms with Crippen LogP contribution >= 0.6 is 0 Å². The van der Waals surface area contributed by atoms with E-state index in [4.69, 9.17) is 0 Å². The van der Waals surface area contributed by atoms with Gasteiger partial charge in [-0.05, 0) is 24.8 Å². The minimum absolute atomic E-state index is 0. The molecule has 0 spiro atoms. The molecule has 1 aliphatic carbocycles. The van der Waals surface area contributed by atoms with E-state index >= 15 is 0 Å². The number of hydrogen-bond acceptors (Lipinski definition) is 3. The zero-order valence-electron chi connectivity index (χ0n) is 10.6. The molecule has 0 saturated carbocycles. The molecule has 3 nitrogen and oxygen atoms in total. The standard InChI is InChI=1S/C12H18O3.Na/c1-8-5-6-9(13)12(7-8,10(14)15)11(2,3)4;/h5-6,13H,7H2,1-4H3,(H,14,15);/q;+1/p-1. The maximum Gasteiger partial charge on any atom is 1.00 e. The SMILES string of the molecule is CC1=CC=C(O)C(C(=O)[O-])(C(C)(C)C)C1.[Na+]. The first-order valence-electron chi connectivity index (χ1n) is 5.00. The van der Waals surface area contributed by atoms with Crippen molar-refractivity contribution in [2.45, 2.75) is 34.1 Å².